The summed E-state index contributed by atoms with van der Waals surface area (Å²) in [4.78, 5) is 12.7. The summed E-state index contributed by atoms with van der Waals surface area (Å²) in [5.41, 5.74) is -0.0520. The van der Waals surface area contributed by atoms with Gasteiger partial charge in [0.2, 0.25) is 5.91 Å². The van der Waals surface area contributed by atoms with Crippen LogP contribution in [-0.4, -0.2) is 25.0 Å². The molecule has 2 N–H and O–H groups in total. The van der Waals surface area contributed by atoms with Gasteiger partial charge in [0.15, 0.2) is 0 Å². The van der Waals surface area contributed by atoms with Crippen LogP contribution in [0.4, 0.5) is 0 Å². The second kappa shape index (κ2) is 6.93. The van der Waals surface area contributed by atoms with Crippen molar-refractivity contribution in [2.24, 2.45) is 17.3 Å². The Kier molecular flexibility index (Phi) is 5.48. The predicted octanol–water partition coefficient (Wildman–Crippen LogP) is 3.10. The van der Waals surface area contributed by atoms with E-state index in [1.165, 1.54) is 25.7 Å². The molecule has 1 saturated heterocycles. The highest BCUT2D eigenvalue weighted by atomic mass is 16.2. The number of amides is 1. The molecule has 0 radical (unpaired) electrons. The molecule has 0 bridgehead atoms. The van der Waals surface area contributed by atoms with Gasteiger partial charge >= 0.3 is 0 Å². The van der Waals surface area contributed by atoms with Gasteiger partial charge in [0, 0.05) is 18.0 Å². The van der Waals surface area contributed by atoms with Crippen molar-refractivity contribution in [2.75, 3.05) is 13.1 Å². The Morgan fingerprint density at radius 1 is 1.30 bits per heavy atom. The molecule has 0 aromatic heterocycles. The lowest BCUT2D eigenvalue weighted by Crippen LogP contribution is -2.46. The van der Waals surface area contributed by atoms with Crippen molar-refractivity contribution in [1.29, 1.82) is 0 Å². The largest absolute Gasteiger partial charge is 0.355 e. The zero-order valence-electron chi connectivity index (χ0n) is 13.5. The Morgan fingerprint density at radius 3 is 2.55 bits per heavy atom. The number of carbonyl (C=O) groups excluding carboxylic acids is 1. The molecule has 3 nitrogen and oxygen atoms in total. The first-order valence-corrected chi connectivity index (χ1v) is 8.53. The average Bonchev–Trinajstić information content (AvgIpc) is 2.86. The first kappa shape index (κ1) is 15.8. The zero-order chi connectivity index (χ0) is 14.6. The highest BCUT2D eigenvalue weighted by Gasteiger charge is 2.41. The molecular formula is C17H32N2O. The quantitative estimate of drug-likeness (QED) is 0.812. The van der Waals surface area contributed by atoms with Crippen LogP contribution in [0.25, 0.3) is 0 Å². The van der Waals surface area contributed by atoms with Gasteiger partial charge in [-0.2, -0.15) is 0 Å². The molecule has 1 amide bonds. The third-order valence-corrected chi connectivity index (χ3v) is 5.16. The van der Waals surface area contributed by atoms with Crippen molar-refractivity contribution in [3.63, 3.8) is 0 Å². The molecule has 116 valence electrons. The van der Waals surface area contributed by atoms with E-state index in [9.17, 15) is 4.79 Å². The summed E-state index contributed by atoms with van der Waals surface area (Å²) in [5.74, 6) is 1.56. The van der Waals surface area contributed by atoms with Crippen molar-refractivity contribution in [3.8, 4) is 0 Å². The minimum absolute atomic E-state index is 0.0520. The summed E-state index contributed by atoms with van der Waals surface area (Å²) in [5, 5.41) is 6.79. The summed E-state index contributed by atoms with van der Waals surface area (Å²) in [6, 6.07) is 0.643. The van der Waals surface area contributed by atoms with Crippen LogP contribution in [0.15, 0.2) is 0 Å². The van der Waals surface area contributed by atoms with Crippen LogP contribution in [0.5, 0.6) is 0 Å². The molecule has 0 aromatic rings. The van der Waals surface area contributed by atoms with Crippen LogP contribution >= 0.6 is 0 Å². The SMILES string of the molecule is CC(C)CC1(C(=O)NCC2CCC(C)NC2)CCCC1. The molecule has 0 aromatic carbocycles. The molecule has 2 atom stereocenters. The number of nitrogens with one attached hydrogen (secondary N) is 2. The number of hydrogen-bond donors (Lipinski definition) is 2. The maximum atomic E-state index is 12.7. The Morgan fingerprint density at radius 2 is 2.00 bits per heavy atom. The van der Waals surface area contributed by atoms with Gasteiger partial charge in [0.05, 0.1) is 0 Å². The number of hydrogen-bond acceptors (Lipinski definition) is 2. The topological polar surface area (TPSA) is 41.1 Å². The van der Waals surface area contributed by atoms with Crippen LogP contribution in [0.3, 0.4) is 0 Å². The van der Waals surface area contributed by atoms with Crippen LogP contribution in [0.2, 0.25) is 0 Å². The second-order valence-corrected chi connectivity index (χ2v) is 7.55. The van der Waals surface area contributed by atoms with Crippen molar-refractivity contribution < 1.29 is 4.79 Å². The highest BCUT2D eigenvalue weighted by molar-refractivity contribution is 5.82. The molecule has 2 rings (SSSR count). The van der Waals surface area contributed by atoms with Gasteiger partial charge in [-0.25, -0.2) is 0 Å². The smallest absolute Gasteiger partial charge is 0.226 e. The molecule has 0 spiro atoms. The number of piperidine rings is 1. The minimum Gasteiger partial charge on any atom is -0.355 e. The molecule has 2 aliphatic rings. The molecule has 20 heavy (non-hydrogen) atoms. The van der Waals surface area contributed by atoms with Crippen molar-refractivity contribution >= 4 is 5.91 Å². The fourth-order valence-electron chi connectivity index (χ4n) is 4.01. The highest BCUT2D eigenvalue weighted by Crippen LogP contribution is 2.43. The molecule has 3 heteroatoms. The fraction of sp³-hybridized carbons (Fsp3) is 0.941. The Hall–Kier alpha value is -0.570. The third kappa shape index (κ3) is 3.97. The van der Waals surface area contributed by atoms with Gasteiger partial charge in [-0.05, 0) is 57.4 Å². The van der Waals surface area contributed by atoms with E-state index in [0.29, 0.717) is 23.8 Å². The fourth-order valence-corrected chi connectivity index (χ4v) is 4.01. The standard InChI is InChI=1S/C17H32N2O/c1-13(2)10-17(8-4-5-9-17)16(20)19-12-15-7-6-14(3)18-11-15/h13-15,18H,4-12H2,1-3H3,(H,19,20). The van der Waals surface area contributed by atoms with E-state index < -0.39 is 0 Å². The second-order valence-electron chi connectivity index (χ2n) is 7.55. The Bertz CT molecular complexity index is 313. The molecule has 1 saturated carbocycles. The molecule has 1 heterocycles. The van der Waals surface area contributed by atoms with Gasteiger partial charge in [-0.3, -0.25) is 4.79 Å². The van der Waals surface area contributed by atoms with Crippen LogP contribution in [0.1, 0.15) is 65.7 Å². The van der Waals surface area contributed by atoms with E-state index in [1.807, 2.05) is 0 Å². The average molecular weight is 280 g/mol. The Labute approximate surface area is 124 Å². The summed E-state index contributed by atoms with van der Waals surface area (Å²) in [6.07, 6.45) is 8.17. The van der Waals surface area contributed by atoms with E-state index in [2.05, 4.69) is 31.4 Å². The predicted molar refractivity (Wildman–Crippen MR) is 83.6 cm³/mol. The monoisotopic (exact) mass is 280 g/mol. The zero-order valence-corrected chi connectivity index (χ0v) is 13.5. The van der Waals surface area contributed by atoms with Gasteiger partial charge in [0.1, 0.15) is 0 Å². The lowest BCUT2D eigenvalue weighted by Gasteiger charge is -2.32. The van der Waals surface area contributed by atoms with Gasteiger partial charge in [0.25, 0.3) is 0 Å². The van der Waals surface area contributed by atoms with E-state index in [1.54, 1.807) is 0 Å². The third-order valence-electron chi connectivity index (χ3n) is 5.16. The number of carbonyl (C=O) groups is 1. The van der Waals surface area contributed by atoms with Crippen LogP contribution in [-0.2, 0) is 4.79 Å². The minimum atomic E-state index is -0.0520. The van der Waals surface area contributed by atoms with Gasteiger partial charge < -0.3 is 10.6 Å². The maximum absolute atomic E-state index is 12.7. The lowest BCUT2D eigenvalue weighted by atomic mass is 9.77. The van der Waals surface area contributed by atoms with Crippen molar-refractivity contribution in [3.05, 3.63) is 0 Å². The molecule has 2 unspecified atom stereocenters. The van der Waals surface area contributed by atoms with Crippen molar-refractivity contribution in [2.45, 2.75) is 71.8 Å². The Balaban J connectivity index is 1.83. The van der Waals surface area contributed by atoms with Gasteiger partial charge in [-0.1, -0.05) is 26.7 Å². The normalized spacial score (nSPS) is 29.6. The van der Waals surface area contributed by atoms with E-state index >= 15 is 0 Å². The first-order chi connectivity index (χ1) is 9.52. The molecule has 2 fully saturated rings. The summed E-state index contributed by atoms with van der Waals surface area (Å²) in [7, 11) is 0. The summed E-state index contributed by atoms with van der Waals surface area (Å²) < 4.78 is 0. The summed E-state index contributed by atoms with van der Waals surface area (Å²) in [6.45, 7) is 8.63. The molecular weight excluding hydrogens is 248 g/mol. The first-order valence-electron chi connectivity index (χ1n) is 8.53. The van der Waals surface area contributed by atoms with Crippen LogP contribution in [0, 0.1) is 17.3 Å². The maximum Gasteiger partial charge on any atom is 0.226 e. The van der Waals surface area contributed by atoms with Crippen LogP contribution < -0.4 is 10.6 Å². The number of rotatable bonds is 5. The molecule has 1 aliphatic carbocycles. The molecule has 1 aliphatic heterocycles. The van der Waals surface area contributed by atoms with Crippen molar-refractivity contribution in [1.82, 2.24) is 10.6 Å². The van der Waals surface area contributed by atoms with E-state index in [4.69, 9.17) is 0 Å². The summed E-state index contributed by atoms with van der Waals surface area (Å²) >= 11 is 0. The lowest BCUT2D eigenvalue weighted by molar-refractivity contribution is -0.132. The van der Waals surface area contributed by atoms with E-state index in [-0.39, 0.29) is 5.41 Å². The van der Waals surface area contributed by atoms with E-state index in [0.717, 1.165) is 32.4 Å². The van der Waals surface area contributed by atoms with Gasteiger partial charge in [-0.15, -0.1) is 0 Å².